The first-order valence-corrected chi connectivity index (χ1v) is 15.1. The van der Waals surface area contributed by atoms with Gasteiger partial charge < -0.3 is 5.73 Å². The van der Waals surface area contributed by atoms with E-state index >= 15 is 0 Å². The van der Waals surface area contributed by atoms with E-state index in [9.17, 15) is 28.0 Å². The van der Waals surface area contributed by atoms with Gasteiger partial charge in [0.1, 0.15) is 0 Å². The van der Waals surface area contributed by atoms with Crippen LogP contribution in [0.1, 0.15) is 52.2 Å². The third kappa shape index (κ3) is 12.5. The van der Waals surface area contributed by atoms with Crippen molar-refractivity contribution in [3.8, 4) is 0 Å². The van der Waals surface area contributed by atoms with Crippen molar-refractivity contribution in [1.82, 2.24) is 15.9 Å². The molecule has 3 atom stereocenters. The molecular weight excluding hydrogens is 560 g/mol. The molecule has 0 aliphatic heterocycles. The van der Waals surface area contributed by atoms with E-state index in [2.05, 4.69) is 5.43 Å². The van der Waals surface area contributed by atoms with Gasteiger partial charge >= 0.3 is 0 Å². The van der Waals surface area contributed by atoms with Crippen LogP contribution < -0.4 is 16.6 Å². The monoisotopic (exact) mass is 604 g/mol. The molecule has 6 N–H and O–H groups in total. The number of hydrazine groups is 1. The maximum atomic E-state index is 13.2. The van der Waals surface area contributed by atoms with E-state index in [4.69, 9.17) is 10.3 Å². The maximum Gasteiger partial charge on any atom is 0.294 e. The first kappa shape index (κ1) is 36.4. The number of allylic oxidation sites excluding steroid dienone is 1. The molecule has 0 radical (unpaired) electrons. The Labute approximate surface area is 248 Å². The number of rotatable bonds is 11. The van der Waals surface area contributed by atoms with Gasteiger partial charge in [-0.15, -0.1) is 0 Å². The second-order valence-electron chi connectivity index (χ2n) is 10.8. The number of nitrogens with zero attached hydrogens (tertiary/aromatic N) is 1. The smallest absolute Gasteiger partial charge is 0.294 e. The van der Waals surface area contributed by atoms with Crippen LogP contribution in [-0.4, -0.2) is 53.5 Å². The predicted molar refractivity (Wildman–Crippen MR) is 161 cm³/mol. The standard InChI is InChI=1S/C23H36N4O4.C7H8O3S/c1-15(2)14-27(23(30)17(5)24)25-22(29)20(16(3)4)19(21(28)26-31)13-9-12-18-10-7-6-8-11-18;1-6-2-4-7(5-3-6)11(8,9)10/h6-12,15-17,19-20,31H,13-14,24H2,1-5H3,(H,25,29)(H,26,28);2-5H,1H3,(H,8,9,10)/b12-9+;/t17-,19+,20-;/m1./s1. The van der Waals surface area contributed by atoms with Gasteiger partial charge in [-0.05, 0) is 49.8 Å². The second kappa shape index (κ2) is 17.4. The molecule has 2 rings (SSSR count). The largest absolute Gasteiger partial charge is 0.320 e. The zero-order valence-corrected chi connectivity index (χ0v) is 25.8. The molecular formula is C30H44N4O7S. The third-order valence-corrected chi connectivity index (χ3v) is 7.04. The summed E-state index contributed by atoms with van der Waals surface area (Å²) in [6, 6.07) is 14.8. The molecule has 0 saturated heterocycles. The molecule has 232 valence electrons. The molecule has 0 saturated carbocycles. The average molecular weight is 605 g/mol. The minimum atomic E-state index is -4.02. The van der Waals surface area contributed by atoms with Crippen LogP contribution in [0.25, 0.3) is 6.08 Å². The number of carbonyl (C=O) groups is 3. The van der Waals surface area contributed by atoms with E-state index in [1.165, 1.54) is 17.1 Å². The van der Waals surface area contributed by atoms with E-state index in [0.29, 0.717) is 6.54 Å². The van der Waals surface area contributed by atoms with Crippen molar-refractivity contribution in [1.29, 1.82) is 0 Å². The molecule has 11 nitrogen and oxygen atoms in total. The fraction of sp³-hybridized carbons (Fsp3) is 0.433. The van der Waals surface area contributed by atoms with E-state index in [0.717, 1.165) is 11.1 Å². The number of nitrogens with two attached hydrogens (primary N) is 1. The van der Waals surface area contributed by atoms with Crippen molar-refractivity contribution < 1.29 is 32.6 Å². The van der Waals surface area contributed by atoms with Crippen molar-refractivity contribution in [2.24, 2.45) is 29.4 Å². The van der Waals surface area contributed by atoms with Crippen LogP contribution in [0.3, 0.4) is 0 Å². The van der Waals surface area contributed by atoms with Crippen LogP contribution in [0, 0.1) is 30.6 Å². The number of hydroxylamine groups is 1. The number of nitrogens with one attached hydrogen (secondary N) is 2. The van der Waals surface area contributed by atoms with Gasteiger partial charge in [0.15, 0.2) is 0 Å². The minimum Gasteiger partial charge on any atom is -0.320 e. The Hall–Kier alpha value is -3.58. The van der Waals surface area contributed by atoms with Crippen LogP contribution in [-0.2, 0) is 24.5 Å². The summed E-state index contributed by atoms with van der Waals surface area (Å²) >= 11 is 0. The summed E-state index contributed by atoms with van der Waals surface area (Å²) in [7, 11) is -4.02. The molecule has 0 heterocycles. The lowest BCUT2D eigenvalue weighted by molar-refractivity contribution is -0.149. The molecule has 0 aliphatic carbocycles. The van der Waals surface area contributed by atoms with Crippen LogP contribution >= 0.6 is 0 Å². The highest BCUT2D eigenvalue weighted by molar-refractivity contribution is 7.85. The van der Waals surface area contributed by atoms with Gasteiger partial charge in [0, 0.05) is 6.54 Å². The van der Waals surface area contributed by atoms with Crippen LogP contribution in [0.15, 0.2) is 65.6 Å². The van der Waals surface area contributed by atoms with E-state index in [1.807, 2.05) is 71.0 Å². The van der Waals surface area contributed by atoms with Gasteiger partial charge in [-0.1, -0.05) is 87.9 Å². The first-order valence-electron chi connectivity index (χ1n) is 13.7. The fourth-order valence-corrected chi connectivity index (χ4v) is 4.56. The third-order valence-electron chi connectivity index (χ3n) is 6.17. The van der Waals surface area contributed by atoms with Crippen molar-refractivity contribution >= 4 is 33.9 Å². The molecule has 42 heavy (non-hydrogen) atoms. The van der Waals surface area contributed by atoms with Crippen LogP contribution in [0.2, 0.25) is 0 Å². The summed E-state index contributed by atoms with van der Waals surface area (Å²) in [5.74, 6) is -3.24. The number of carbonyl (C=O) groups excluding carboxylic acids is 3. The van der Waals surface area contributed by atoms with E-state index < -0.39 is 45.7 Å². The van der Waals surface area contributed by atoms with Crippen molar-refractivity contribution in [2.45, 2.75) is 58.9 Å². The Morgan fingerprint density at radius 1 is 0.952 bits per heavy atom. The zero-order valence-electron chi connectivity index (χ0n) is 25.0. The predicted octanol–water partition coefficient (Wildman–Crippen LogP) is 3.59. The number of hydrogen-bond donors (Lipinski definition) is 5. The number of hydrogen-bond acceptors (Lipinski definition) is 7. The highest BCUT2D eigenvalue weighted by Gasteiger charge is 2.36. The van der Waals surface area contributed by atoms with Gasteiger partial charge in [-0.25, -0.2) is 5.48 Å². The second-order valence-corrected chi connectivity index (χ2v) is 12.2. The Morgan fingerprint density at radius 3 is 1.98 bits per heavy atom. The van der Waals surface area contributed by atoms with Gasteiger partial charge in [0.25, 0.3) is 16.0 Å². The quantitative estimate of drug-likeness (QED) is 0.147. The van der Waals surface area contributed by atoms with E-state index in [-0.39, 0.29) is 23.2 Å². The summed E-state index contributed by atoms with van der Waals surface area (Å²) in [6.45, 7) is 11.2. The molecule has 12 heteroatoms. The average Bonchev–Trinajstić information content (AvgIpc) is 2.91. The molecule has 0 spiro atoms. The maximum absolute atomic E-state index is 13.2. The zero-order chi connectivity index (χ0) is 32.0. The Kier molecular flexibility index (Phi) is 15.1. The van der Waals surface area contributed by atoms with Crippen molar-refractivity contribution in [3.05, 3.63) is 71.8 Å². The summed E-state index contributed by atoms with van der Waals surface area (Å²) in [4.78, 5) is 38.0. The highest BCUT2D eigenvalue weighted by atomic mass is 32.2. The molecule has 2 aromatic carbocycles. The lowest BCUT2D eigenvalue weighted by atomic mass is 9.80. The van der Waals surface area contributed by atoms with Gasteiger partial charge in [-0.2, -0.15) is 8.42 Å². The van der Waals surface area contributed by atoms with Crippen molar-refractivity contribution in [2.75, 3.05) is 6.54 Å². The molecule has 0 fully saturated rings. The summed E-state index contributed by atoms with van der Waals surface area (Å²) < 4.78 is 29.6. The first-order chi connectivity index (χ1) is 19.6. The molecule has 2 aromatic rings. The van der Waals surface area contributed by atoms with E-state index in [1.54, 1.807) is 30.6 Å². The Bertz CT molecular complexity index is 1280. The molecule has 0 aliphatic rings. The highest BCUT2D eigenvalue weighted by Crippen LogP contribution is 2.26. The van der Waals surface area contributed by atoms with Crippen LogP contribution in [0.5, 0.6) is 0 Å². The number of aryl methyl sites for hydroxylation is 1. The van der Waals surface area contributed by atoms with Gasteiger partial charge in [0.2, 0.25) is 11.8 Å². The summed E-state index contributed by atoms with van der Waals surface area (Å²) in [6.07, 6.45) is 3.90. The molecule has 0 aromatic heterocycles. The molecule has 0 bridgehead atoms. The molecule has 3 amide bonds. The summed E-state index contributed by atoms with van der Waals surface area (Å²) in [5.41, 5.74) is 12.0. The normalized spacial score (nSPS) is 13.6. The lowest BCUT2D eigenvalue weighted by Gasteiger charge is -2.32. The Morgan fingerprint density at radius 2 is 1.52 bits per heavy atom. The van der Waals surface area contributed by atoms with Gasteiger partial charge in [0.05, 0.1) is 22.8 Å². The van der Waals surface area contributed by atoms with Crippen molar-refractivity contribution in [3.63, 3.8) is 0 Å². The minimum absolute atomic E-state index is 0.0666. The topological polar surface area (TPSA) is 179 Å². The fourth-order valence-electron chi connectivity index (χ4n) is 4.08. The number of amides is 3. The van der Waals surface area contributed by atoms with Gasteiger partial charge in [-0.3, -0.25) is 34.6 Å². The van der Waals surface area contributed by atoms with Crippen LogP contribution in [0.4, 0.5) is 0 Å². The number of benzene rings is 2. The summed E-state index contributed by atoms with van der Waals surface area (Å²) in [5, 5.41) is 10.5. The Balaban J connectivity index is 0.000000666. The lowest BCUT2D eigenvalue weighted by Crippen LogP contribution is -2.56. The SMILES string of the molecule is CC(C)CN(NC(=O)[C@H](C(C)C)[C@H](C/C=C/c1ccccc1)C(=O)NO)C(=O)[C@@H](C)N.Cc1ccc(S(=O)(=O)O)cc1. The molecule has 0 unspecified atom stereocenters.